The average molecular weight is 398 g/mol. The molecule has 0 atom stereocenters. The molecule has 144 valence electrons. The summed E-state index contributed by atoms with van der Waals surface area (Å²) in [6, 6.07) is 29.0. The first kappa shape index (κ1) is 20.2. The molecule has 0 saturated carbocycles. The first-order valence-electron chi connectivity index (χ1n) is 9.07. The summed E-state index contributed by atoms with van der Waals surface area (Å²) in [5.74, 6) is -5.05. The molecule has 3 aromatic carbocycles. The lowest BCUT2D eigenvalue weighted by atomic mass is 10.2. The van der Waals surface area contributed by atoms with Gasteiger partial charge in [-0.3, -0.25) is 0 Å². The number of aliphatic carboxylic acids is 1. The molecule has 0 radical (unpaired) electrons. The van der Waals surface area contributed by atoms with Crippen molar-refractivity contribution >= 4 is 29.1 Å². The van der Waals surface area contributed by atoms with E-state index in [9.17, 15) is 18.7 Å². The Morgan fingerprint density at radius 2 is 1.11 bits per heavy atom. The van der Waals surface area contributed by atoms with Gasteiger partial charge < -0.3 is 9.90 Å². The Morgan fingerprint density at radius 3 is 1.43 bits per heavy atom. The van der Waals surface area contributed by atoms with Crippen LogP contribution in [0.4, 0.5) is 8.78 Å². The molecule has 0 aromatic heterocycles. The van der Waals surface area contributed by atoms with Crippen LogP contribution in [-0.2, 0) is 4.79 Å². The van der Waals surface area contributed by atoms with Crippen LogP contribution in [0.2, 0.25) is 0 Å². The van der Waals surface area contributed by atoms with Crippen molar-refractivity contribution in [2.24, 2.45) is 0 Å². The van der Waals surface area contributed by atoms with Crippen molar-refractivity contribution in [2.75, 3.05) is 6.16 Å². The van der Waals surface area contributed by atoms with Crippen molar-refractivity contribution in [3.63, 3.8) is 0 Å². The van der Waals surface area contributed by atoms with Gasteiger partial charge in [-0.05, 0) is 36.4 Å². The minimum atomic E-state index is -3.32. The number of halogens is 2. The van der Waals surface area contributed by atoms with Crippen LogP contribution >= 0.6 is 7.26 Å². The molecule has 0 aliphatic heterocycles. The highest BCUT2D eigenvalue weighted by atomic mass is 31.2. The van der Waals surface area contributed by atoms with Crippen LogP contribution in [-0.4, -0.2) is 18.1 Å². The standard InChI is InChI=1S/C23H21F2O2P/c24-23(25,18-22(26)27)16-17-28(19-10-4-1-5-11-19,20-12-6-2-7-13-20)21-14-8-3-9-15-21/h1-15H,16-18H2. The second-order valence-electron chi connectivity index (χ2n) is 6.69. The third-order valence-corrected chi connectivity index (χ3v) is 9.24. The summed E-state index contributed by atoms with van der Waals surface area (Å²) in [5, 5.41) is 13.8. The number of carbonyl (C=O) groups is 1. The highest BCUT2D eigenvalue weighted by Gasteiger charge is 2.47. The van der Waals surface area contributed by atoms with Crippen LogP contribution < -0.4 is 21.0 Å². The minimum absolute atomic E-state index is 0.172. The third kappa shape index (κ3) is 4.45. The zero-order valence-electron chi connectivity index (χ0n) is 15.3. The van der Waals surface area contributed by atoms with E-state index in [1.54, 1.807) is 0 Å². The van der Waals surface area contributed by atoms with Crippen LogP contribution in [0, 0.1) is 0 Å². The molecule has 0 unspecified atom stereocenters. The number of rotatable bonds is 8. The lowest BCUT2D eigenvalue weighted by Crippen LogP contribution is -2.37. The molecule has 0 aliphatic rings. The Hall–Kier alpha value is -2.58. The summed E-state index contributed by atoms with van der Waals surface area (Å²) in [5.41, 5.74) is 0. The fourth-order valence-corrected chi connectivity index (χ4v) is 7.89. The maximum absolute atomic E-state index is 14.3. The summed E-state index contributed by atoms with van der Waals surface area (Å²) in [7, 11) is -2.39. The van der Waals surface area contributed by atoms with E-state index in [4.69, 9.17) is 0 Å². The fourth-order valence-electron chi connectivity index (χ4n) is 3.51. The van der Waals surface area contributed by atoms with Gasteiger partial charge in [-0.15, -0.1) is 0 Å². The molecule has 0 amide bonds. The Balaban J connectivity index is 2.15. The van der Waals surface area contributed by atoms with Crippen LogP contribution in [0.1, 0.15) is 12.8 Å². The number of benzene rings is 3. The smallest absolute Gasteiger partial charge is 0.256 e. The molecule has 0 bridgehead atoms. The van der Waals surface area contributed by atoms with Gasteiger partial charge in [-0.25, -0.2) is 8.78 Å². The second kappa shape index (κ2) is 8.62. The Labute approximate surface area is 164 Å². The maximum Gasteiger partial charge on any atom is 0.256 e. The van der Waals surface area contributed by atoms with E-state index in [0.29, 0.717) is 0 Å². The van der Waals surface area contributed by atoms with Gasteiger partial charge in [0.1, 0.15) is 23.2 Å². The third-order valence-electron chi connectivity index (χ3n) is 4.81. The van der Waals surface area contributed by atoms with Gasteiger partial charge in [-0.1, -0.05) is 54.6 Å². The summed E-state index contributed by atoms with van der Waals surface area (Å²) in [6.07, 6.45) is -1.61. The molecule has 28 heavy (non-hydrogen) atoms. The zero-order chi connectivity index (χ0) is 20.0. The van der Waals surface area contributed by atoms with E-state index >= 15 is 0 Å². The van der Waals surface area contributed by atoms with E-state index in [1.807, 2.05) is 91.0 Å². The summed E-state index contributed by atoms with van der Waals surface area (Å²) in [4.78, 5) is 10.8. The zero-order valence-corrected chi connectivity index (χ0v) is 16.2. The number of hydrogen-bond donors (Lipinski definition) is 0. The maximum atomic E-state index is 14.3. The van der Waals surface area contributed by atoms with E-state index in [-0.39, 0.29) is 6.16 Å². The Kier molecular flexibility index (Phi) is 6.21. The molecule has 5 heteroatoms. The molecule has 0 saturated heterocycles. The van der Waals surface area contributed by atoms with Gasteiger partial charge in [0.2, 0.25) is 0 Å². The van der Waals surface area contributed by atoms with E-state index in [2.05, 4.69) is 0 Å². The molecule has 0 heterocycles. The summed E-state index contributed by atoms with van der Waals surface area (Å²) in [6.45, 7) is 0. The van der Waals surface area contributed by atoms with Gasteiger partial charge in [0, 0.05) is 12.4 Å². The van der Waals surface area contributed by atoms with Gasteiger partial charge in [0.25, 0.3) is 5.92 Å². The van der Waals surface area contributed by atoms with Crippen LogP contribution in [0.5, 0.6) is 0 Å². The van der Waals surface area contributed by atoms with Gasteiger partial charge in [-0.2, -0.15) is 0 Å². The first-order valence-corrected chi connectivity index (χ1v) is 11.0. The molecule has 0 N–H and O–H groups in total. The van der Waals surface area contributed by atoms with Crippen molar-refractivity contribution in [1.29, 1.82) is 0 Å². The molecule has 0 aliphatic carbocycles. The molecular formula is C23H21F2O2P. The second-order valence-corrected chi connectivity index (χ2v) is 10.3. The van der Waals surface area contributed by atoms with Crippen LogP contribution in [0.3, 0.4) is 0 Å². The largest absolute Gasteiger partial charge is 0.550 e. The Morgan fingerprint density at radius 1 is 0.750 bits per heavy atom. The minimum Gasteiger partial charge on any atom is -0.550 e. The van der Waals surface area contributed by atoms with Crippen molar-refractivity contribution in [3.05, 3.63) is 91.0 Å². The molecule has 3 aromatic rings. The predicted molar refractivity (Wildman–Crippen MR) is 109 cm³/mol. The molecule has 0 spiro atoms. The number of carboxylic acids is 1. The number of carbonyl (C=O) groups excluding carboxylic acids is 1. The predicted octanol–water partition coefficient (Wildman–Crippen LogP) is 3.15. The number of alkyl halides is 2. The van der Waals surface area contributed by atoms with Crippen molar-refractivity contribution in [2.45, 2.75) is 18.8 Å². The first-order chi connectivity index (χ1) is 13.4. The van der Waals surface area contributed by atoms with Crippen molar-refractivity contribution in [3.8, 4) is 0 Å². The molecular weight excluding hydrogens is 377 g/mol. The average Bonchev–Trinajstić information content (AvgIpc) is 2.70. The van der Waals surface area contributed by atoms with E-state index in [1.165, 1.54) is 0 Å². The lowest BCUT2D eigenvalue weighted by Gasteiger charge is -2.29. The lowest BCUT2D eigenvalue weighted by molar-refractivity contribution is -0.310. The van der Waals surface area contributed by atoms with E-state index in [0.717, 1.165) is 15.9 Å². The number of carboxylic acid groups (broad SMARTS) is 1. The fraction of sp³-hybridized carbons (Fsp3) is 0.174. The Bertz CT molecular complexity index is 803. The summed E-state index contributed by atoms with van der Waals surface area (Å²) < 4.78 is 28.7. The monoisotopic (exact) mass is 398 g/mol. The highest BCUT2D eigenvalue weighted by molar-refractivity contribution is 7.95. The summed E-state index contributed by atoms with van der Waals surface area (Å²) >= 11 is 0. The van der Waals surface area contributed by atoms with Gasteiger partial charge in [0.05, 0.1) is 12.6 Å². The normalized spacial score (nSPS) is 11.9. The van der Waals surface area contributed by atoms with Gasteiger partial charge in [0.15, 0.2) is 0 Å². The highest BCUT2D eigenvalue weighted by Crippen LogP contribution is 2.56. The van der Waals surface area contributed by atoms with E-state index < -0.39 is 32.0 Å². The van der Waals surface area contributed by atoms with Crippen molar-refractivity contribution < 1.29 is 18.7 Å². The van der Waals surface area contributed by atoms with Gasteiger partial charge >= 0.3 is 0 Å². The van der Waals surface area contributed by atoms with Crippen LogP contribution in [0.25, 0.3) is 0 Å². The number of hydrogen-bond acceptors (Lipinski definition) is 2. The van der Waals surface area contributed by atoms with Crippen LogP contribution in [0.15, 0.2) is 91.0 Å². The molecule has 3 rings (SSSR count). The molecule has 0 fully saturated rings. The topological polar surface area (TPSA) is 40.1 Å². The quantitative estimate of drug-likeness (QED) is 0.547. The SMILES string of the molecule is O=C([O-])CC(F)(F)CC[P+](c1ccccc1)(c1ccccc1)c1ccccc1. The molecule has 2 nitrogen and oxygen atoms in total. The van der Waals surface area contributed by atoms with Crippen molar-refractivity contribution in [1.82, 2.24) is 0 Å².